The molecule has 0 radical (unpaired) electrons. The molecule has 1 rings (SSSR count). The van der Waals surface area contributed by atoms with Crippen molar-refractivity contribution in [2.75, 3.05) is 19.0 Å². The molecular weight excluding hydrogens is 753 g/mol. The van der Waals surface area contributed by atoms with E-state index in [1.165, 1.54) is 109 Å². The Labute approximate surface area is 345 Å². The summed E-state index contributed by atoms with van der Waals surface area (Å²) in [7, 11) is -4.60. The summed E-state index contributed by atoms with van der Waals surface area (Å²) in [6.45, 7) is 3.72. The molecule has 4 N–H and O–H groups in total. The number of hydrogen-bond donors (Lipinski definition) is 4. The number of ether oxygens (including phenoxy) is 4. The van der Waals surface area contributed by atoms with Gasteiger partial charge >= 0.3 is 11.9 Å². The van der Waals surface area contributed by atoms with Gasteiger partial charge in [-0.15, -0.1) is 0 Å². The summed E-state index contributed by atoms with van der Waals surface area (Å²) in [5.74, 6) is -2.03. The molecule has 57 heavy (non-hydrogen) atoms. The number of carbonyl (C=O) groups is 2. The summed E-state index contributed by atoms with van der Waals surface area (Å²) in [5, 5.41) is 30.8. The highest BCUT2D eigenvalue weighted by molar-refractivity contribution is 7.85. The minimum Gasteiger partial charge on any atom is -0.462 e. The molecule has 1 aliphatic heterocycles. The molecule has 0 spiro atoms. The number of carbonyl (C=O) groups excluding carboxylic acids is 2. The lowest BCUT2D eigenvalue weighted by molar-refractivity contribution is -0.297. The molecule has 2 unspecified atom stereocenters. The minimum absolute atomic E-state index is 0.103. The van der Waals surface area contributed by atoms with E-state index < -0.39 is 71.2 Å². The molecule has 0 aromatic heterocycles. The molecule has 1 fully saturated rings. The fourth-order valence-corrected chi connectivity index (χ4v) is 7.47. The maximum atomic E-state index is 12.8. The summed E-state index contributed by atoms with van der Waals surface area (Å²) in [6.07, 6.45) is 28.1. The van der Waals surface area contributed by atoms with Crippen LogP contribution in [-0.4, -0.2) is 96.0 Å². The lowest BCUT2D eigenvalue weighted by atomic mass is 10.00. The first-order valence-electron chi connectivity index (χ1n) is 22.4. The fraction of sp³-hybridized carbons (Fsp3) is 0.864. The van der Waals surface area contributed by atoms with Crippen LogP contribution in [0.25, 0.3) is 0 Å². The SMILES string of the molecule is CCCCCCCCCCC/C=C/C/C=C/CCCC(=O)O[C@H](COC(=O)CCCCCCCCCCCCCC)CO[C@H]1O[C@H](CS(=O)(=O)O)[C@@H](O)C(O)C1O. The van der Waals surface area contributed by atoms with E-state index in [1.54, 1.807) is 0 Å². The van der Waals surface area contributed by atoms with E-state index >= 15 is 0 Å². The van der Waals surface area contributed by atoms with Gasteiger partial charge in [-0.2, -0.15) is 8.42 Å². The molecule has 0 amide bonds. The lowest BCUT2D eigenvalue weighted by Crippen LogP contribution is -2.60. The smallest absolute Gasteiger partial charge is 0.306 e. The molecule has 0 aliphatic carbocycles. The Bertz CT molecular complexity index is 1160. The second-order valence-electron chi connectivity index (χ2n) is 15.7. The van der Waals surface area contributed by atoms with Crippen molar-refractivity contribution in [1.82, 2.24) is 0 Å². The van der Waals surface area contributed by atoms with Crippen molar-refractivity contribution < 1.29 is 56.8 Å². The molecule has 1 saturated heterocycles. The van der Waals surface area contributed by atoms with Crippen molar-refractivity contribution in [3.05, 3.63) is 24.3 Å². The van der Waals surface area contributed by atoms with Crippen molar-refractivity contribution in [1.29, 1.82) is 0 Å². The van der Waals surface area contributed by atoms with E-state index in [-0.39, 0.29) is 19.4 Å². The minimum atomic E-state index is -4.60. The normalized spacial score (nSPS) is 20.7. The average molecular weight is 833 g/mol. The maximum Gasteiger partial charge on any atom is 0.306 e. The third-order valence-electron chi connectivity index (χ3n) is 10.3. The van der Waals surface area contributed by atoms with Crippen LogP contribution in [0.15, 0.2) is 24.3 Å². The first kappa shape index (κ1) is 53.1. The zero-order valence-corrected chi connectivity index (χ0v) is 36.3. The van der Waals surface area contributed by atoms with Crippen molar-refractivity contribution in [3.8, 4) is 0 Å². The number of aliphatic hydroxyl groups is 3. The van der Waals surface area contributed by atoms with Gasteiger partial charge in [-0.05, 0) is 38.5 Å². The molecule has 6 atom stereocenters. The molecule has 0 bridgehead atoms. The first-order chi connectivity index (χ1) is 27.5. The van der Waals surface area contributed by atoms with Gasteiger partial charge in [0, 0.05) is 12.8 Å². The molecule has 13 heteroatoms. The van der Waals surface area contributed by atoms with Gasteiger partial charge in [-0.3, -0.25) is 14.1 Å². The van der Waals surface area contributed by atoms with E-state index in [0.29, 0.717) is 19.3 Å². The van der Waals surface area contributed by atoms with Gasteiger partial charge in [0.15, 0.2) is 12.4 Å². The summed E-state index contributed by atoms with van der Waals surface area (Å²) >= 11 is 0. The topological polar surface area (TPSA) is 186 Å². The molecule has 334 valence electrons. The van der Waals surface area contributed by atoms with Crippen LogP contribution < -0.4 is 0 Å². The van der Waals surface area contributed by atoms with E-state index in [2.05, 4.69) is 32.1 Å². The van der Waals surface area contributed by atoms with Crippen molar-refractivity contribution in [2.45, 2.75) is 224 Å². The van der Waals surface area contributed by atoms with Gasteiger partial charge < -0.3 is 34.3 Å². The second-order valence-corrected chi connectivity index (χ2v) is 17.2. The molecule has 1 heterocycles. The van der Waals surface area contributed by atoms with Crippen molar-refractivity contribution in [3.63, 3.8) is 0 Å². The Balaban J connectivity index is 2.48. The van der Waals surface area contributed by atoms with Gasteiger partial charge in [0.05, 0.1) is 6.61 Å². The highest BCUT2D eigenvalue weighted by Crippen LogP contribution is 2.24. The highest BCUT2D eigenvalue weighted by atomic mass is 32.2. The maximum absolute atomic E-state index is 12.8. The molecule has 0 aromatic rings. The molecule has 0 saturated carbocycles. The predicted molar refractivity (Wildman–Crippen MR) is 224 cm³/mol. The number of hydrogen-bond acceptors (Lipinski definition) is 11. The number of allylic oxidation sites excluding steroid dienone is 4. The summed E-state index contributed by atoms with van der Waals surface area (Å²) in [4.78, 5) is 25.3. The number of rotatable bonds is 37. The van der Waals surface area contributed by atoms with Gasteiger partial charge in [0.1, 0.15) is 36.8 Å². The summed E-state index contributed by atoms with van der Waals surface area (Å²) < 4.78 is 53.9. The Hall–Kier alpha value is -1.87. The zero-order valence-electron chi connectivity index (χ0n) is 35.4. The Kier molecular flexibility index (Phi) is 32.6. The van der Waals surface area contributed by atoms with Gasteiger partial charge in [0.25, 0.3) is 10.1 Å². The third kappa shape index (κ3) is 29.9. The van der Waals surface area contributed by atoms with Crippen LogP contribution in [0.2, 0.25) is 0 Å². The van der Waals surface area contributed by atoms with Crippen LogP contribution >= 0.6 is 0 Å². The molecule has 1 aliphatic rings. The zero-order chi connectivity index (χ0) is 42.0. The predicted octanol–water partition coefficient (Wildman–Crippen LogP) is 8.84. The van der Waals surface area contributed by atoms with Crippen molar-refractivity contribution in [2.24, 2.45) is 0 Å². The van der Waals surface area contributed by atoms with E-state index in [0.717, 1.165) is 32.1 Å². The first-order valence-corrected chi connectivity index (χ1v) is 24.0. The second kappa shape index (κ2) is 34.9. The average Bonchev–Trinajstić information content (AvgIpc) is 3.17. The lowest BCUT2D eigenvalue weighted by Gasteiger charge is -2.40. The molecular formula is C44H80O12S. The van der Waals surface area contributed by atoms with Gasteiger partial charge in [-0.1, -0.05) is 160 Å². The fourth-order valence-electron chi connectivity index (χ4n) is 6.77. The largest absolute Gasteiger partial charge is 0.462 e. The van der Waals surface area contributed by atoms with Crippen LogP contribution in [0.3, 0.4) is 0 Å². The summed E-state index contributed by atoms with van der Waals surface area (Å²) in [5.41, 5.74) is 0. The van der Waals surface area contributed by atoms with E-state index in [1.807, 2.05) is 6.08 Å². The standard InChI is InChI=1S/C44H80O12S/c1-3-5-7-9-11-13-15-17-18-19-20-21-23-25-27-29-31-33-40(46)55-37(35-54-44-43(49)42(48)41(47)38(56-44)36-57(50,51)52)34-53-39(45)32-30-28-26-24-22-16-14-12-10-8-6-4-2/h20-21,25,27,37-38,41-44,47-49H,3-19,22-24,26,28-36H2,1-2H3,(H,50,51,52)/b21-20+,27-25+/t37-,38-,41-,42?,43?,44+/m1/s1. The Morgan fingerprint density at radius 1 is 0.596 bits per heavy atom. The van der Waals surface area contributed by atoms with Gasteiger partial charge in [-0.25, -0.2) is 0 Å². The quantitative estimate of drug-likeness (QED) is 0.0202. The highest BCUT2D eigenvalue weighted by Gasteiger charge is 2.46. The number of unbranched alkanes of at least 4 members (excludes halogenated alkanes) is 21. The van der Waals surface area contributed by atoms with E-state index in [9.17, 15) is 37.9 Å². The molecule has 12 nitrogen and oxygen atoms in total. The van der Waals surface area contributed by atoms with Crippen LogP contribution in [-0.2, 0) is 38.7 Å². The Morgan fingerprint density at radius 3 is 1.60 bits per heavy atom. The van der Waals surface area contributed by atoms with Crippen molar-refractivity contribution >= 4 is 22.1 Å². The van der Waals surface area contributed by atoms with Gasteiger partial charge in [0.2, 0.25) is 0 Å². The van der Waals surface area contributed by atoms with Crippen LogP contribution in [0.5, 0.6) is 0 Å². The Morgan fingerprint density at radius 2 is 1.07 bits per heavy atom. The van der Waals surface area contributed by atoms with Crippen LogP contribution in [0.1, 0.15) is 187 Å². The third-order valence-corrected chi connectivity index (χ3v) is 11.0. The van der Waals surface area contributed by atoms with Crippen LogP contribution in [0.4, 0.5) is 0 Å². The monoisotopic (exact) mass is 833 g/mol. The summed E-state index contributed by atoms with van der Waals surface area (Å²) in [6, 6.07) is 0. The van der Waals surface area contributed by atoms with E-state index in [4.69, 9.17) is 18.9 Å². The van der Waals surface area contributed by atoms with Crippen LogP contribution in [0, 0.1) is 0 Å². The molecule has 0 aromatic carbocycles. The number of esters is 2. The number of aliphatic hydroxyl groups excluding tert-OH is 3.